The van der Waals surface area contributed by atoms with Gasteiger partial charge in [0, 0.05) is 6.07 Å². The topological polar surface area (TPSA) is 122 Å². The summed E-state index contributed by atoms with van der Waals surface area (Å²) in [6, 6.07) is -0.360. The number of nitrogens with one attached hydrogen (secondary N) is 2. The molecule has 2 rings (SSSR count). The molecule has 2 amide bonds. The van der Waals surface area contributed by atoms with Gasteiger partial charge in [-0.2, -0.15) is 0 Å². The van der Waals surface area contributed by atoms with E-state index in [4.69, 9.17) is 4.52 Å². The third kappa shape index (κ3) is 5.55. The van der Waals surface area contributed by atoms with E-state index in [1.165, 1.54) is 6.07 Å². The molecule has 1 saturated carbocycles. The van der Waals surface area contributed by atoms with E-state index < -0.39 is 35.3 Å². The minimum absolute atomic E-state index is 0.0369. The highest BCUT2D eigenvalue weighted by Gasteiger charge is 2.37. The monoisotopic (exact) mass is 379 g/mol. The lowest BCUT2D eigenvalue weighted by Gasteiger charge is -2.33. The molecule has 0 spiro atoms. The van der Waals surface area contributed by atoms with Gasteiger partial charge in [0.05, 0.1) is 0 Å². The maximum atomic E-state index is 12.9. The Balaban J connectivity index is 2.19. The van der Waals surface area contributed by atoms with Crippen LogP contribution < -0.4 is 10.6 Å². The summed E-state index contributed by atoms with van der Waals surface area (Å²) >= 11 is 0. The second kappa shape index (κ2) is 8.54. The molecule has 0 radical (unpaired) electrons. The summed E-state index contributed by atoms with van der Waals surface area (Å²) in [5.74, 6) is -1.61. The van der Waals surface area contributed by atoms with E-state index in [1.807, 2.05) is 0 Å². The van der Waals surface area contributed by atoms with Gasteiger partial charge in [-0.25, -0.2) is 4.79 Å². The molecule has 2 atom stereocenters. The average molecular weight is 379 g/mol. The van der Waals surface area contributed by atoms with Gasteiger partial charge in [0.1, 0.15) is 17.8 Å². The van der Waals surface area contributed by atoms with Crippen LogP contribution in [0.1, 0.15) is 69.1 Å². The lowest BCUT2D eigenvalue weighted by molar-refractivity contribution is -0.145. The zero-order chi connectivity index (χ0) is 20.2. The number of nitrogens with zero attached hydrogens (tertiary/aromatic N) is 1. The second-order valence-corrected chi connectivity index (χ2v) is 8.32. The van der Waals surface area contributed by atoms with Gasteiger partial charge in [0.15, 0.2) is 5.69 Å². The first kappa shape index (κ1) is 20.9. The molecule has 0 saturated heterocycles. The molecule has 1 aliphatic carbocycles. The minimum Gasteiger partial charge on any atom is -0.480 e. The molecule has 3 N–H and O–H groups in total. The van der Waals surface area contributed by atoms with Gasteiger partial charge in [-0.3, -0.25) is 9.59 Å². The van der Waals surface area contributed by atoms with E-state index in [1.54, 1.807) is 27.7 Å². The number of aliphatic carboxylic acids is 1. The fraction of sp³-hybridized carbons (Fsp3) is 0.684. The number of carboxylic acids is 1. The van der Waals surface area contributed by atoms with Crippen molar-refractivity contribution in [2.45, 2.75) is 71.9 Å². The Hall–Kier alpha value is -2.38. The van der Waals surface area contributed by atoms with Crippen molar-refractivity contribution >= 4 is 17.8 Å². The van der Waals surface area contributed by atoms with Gasteiger partial charge in [-0.15, -0.1) is 0 Å². The Morgan fingerprint density at radius 2 is 1.81 bits per heavy atom. The molecule has 150 valence electrons. The van der Waals surface area contributed by atoms with Crippen LogP contribution in [0.3, 0.4) is 0 Å². The van der Waals surface area contributed by atoms with Crippen molar-refractivity contribution < 1.29 is 24.0 Å². The van der Waals surface area contributed by atoms with Crippen molar-refractivity contribution in [3.8, 4) is 0 Å². The van der Waals surface area contributed by atoms with Gasteiger partial charge in [-0.05, 0) is 31.1 Å². The van der Waals surface area contributed by atoms with E-state index in [0.717, 1.165) is 32.1 Å². The van der Waals surface area contributed by atoms with Crippen LogP contribution in [0.25, 0.3) is 0 Å². The predicted molar refractivity (Wildman–Crippen MR) is 98.1 cm³/mol. The Morgan fingerprint density at radius 3 is 2.30 bits per heavy atom. The van der Waals surface area contributed by atoms with Crippen molar-refractivity contribution in [3.05, 3.63) is 17.5 Å². The van der Waals surface area contributed by atoms with Crippen LogP contribution in [-0.4, -0.2) is 40.1 Å². The summed E-state index contributed by atoms with van der Waals surface area (Å²) in [7, 11) is 0. The van der Waals surface area contributed by atoms with Crippen LogP contribution in [0, 0.1) is 18.3 Å². The average Bonchev–Trinajstić information content (AvgIpc) is 3.03. The Kier molecular flexibility index (Phi) is 6.62. The highest BCUT2D eigenvalue weighted by molar-refractivity contribution is 5.97. The molecule has 1 heterocycles. The smallest absolute Gasteiger partial charge is 0.326 e. The number of aromatic nitrogens is 1. The molecule has 0 aromatic carbocycles. The summed E-state index contributed by atoms with van der Waals surface area (Å²) in [5, 5.41) is 18.5. The van der Waals surface area contributed by atoms with Gasteiger partial charge >= 0.3 is 5.97 Å². The van der Waals surface area contributed by atoms with Crippen LogP contribution in [-0.2, 0) is 9.59 Å². The molecular formula is C19H29N3O5. The molecule has 0 bridgehead atoms. The van der Waals surface area contributed by atoms with Crippen molar-refractivity contribution in [2.24, 2.45) is 11.3 Å². The third-order valence-corrected chi connectivity index (χ3v) is 4.95. The fourth-order valence-electron chi connectivity index (χ4n) is 3.43. The summed E-state index contributed by atoms with van der Waals surface area (Å²) in [6.07, 6.45) is 4.68. The Morgan fingerprint density at radius 1 is 1.19 bits per heavy atom. The van der Waals surface area contributed by atoms with E-state index in [2.05, 4.69) is 15.8 Å². The summed E-state index contributed by atoms with van der Waals surface area (Å²) in [5.41, 5.74) is -0.557. The zero-order valence-electron chi connectivity index (χ0n) is 16.4. The SMILES string of the molecule is Cc1cc(C(=O)N[C@H](C(=O)NC(C(=O)O)C(C)(C)C)C2CCCCC2)no1. The van der Waals surface area contributed by atoms with Gasteiger partial charge in [0.25, 0.3) is 5.91 Å². The Labute approximate surface area is 159 Å². The number of carboxylic acid groups (broad SMARTS) is 1. The fourth-order valence-corrected chi connectivity index (χ4v) is 3.43. The molecule has 1 fully saturated rings. The van der Waals surface area contributed by atoms with Crippen molar-refractivity contribution in [1.82, 2.24) is 15.8 Å². The maximum absolute atomic E-state index is 12.9. The van der Waals surface area contributed by atoms with Crippen molar-refractivity contribution in [3.63, 3.8) is 0 Å². The Bertz CT molecular complexity index is 686. The molecule has 1 aromatic heterocycles. The highest BCUT2D eigenvalue weighted by atomic mass is 16.5. The second-order valence-electron chi connectivity index (χ2n) is 8.32. The number of hydrogen-bond acceptors (Lipinski definition) is 5. The number of hydrogen-bond donors (Lipinski definition) is 3. The maximum Gasteiger partial charge on any atom is 0.326 e. The third-order valence-electron chi connectivity index (χ3n) is 4.95. The van der Waals surface area contributed by atoms with E-state index in [-0.39, 0.29) is 11.6 Å². The normalized spacial score (nSPS) is 17.8. The lowest BCUT2D eigenvalue weighted by atomic mass is 9.82. The van der Waals surface area contributed by atoms with E-state index in [0.29, 0.717) is 5.76 Å². The molecular weight excluding hydrogens is 350 g/mol. The standard InChI is InChI=1S/C19H29N3O5/c1-11-10-13(22-27-11)16(23)20-14(12-8-6-5-7-9-12)17(24)21-15(18(25)26)19(2,3)4/h10,12,14-15H,5-9H2,1-4H3,(H,20,23)(H,21,24)(H,25,26)/t14-,15?/m0/s1. The predicted octanol–water partition coefficient (Wildman–Crippen LogP) is 2.28. The number of carbonyl (C=O) groups excluding carboxylic acids is 2. The molecule has 8 nitrogen and oxygen atoms in total. The van der Waals surface area contributed by atoms with Crippen LogP contribution in [0.5, 0.6) is 0 Å². The van der Waals surface area contributed by atoms with Crippen molar-refractivity contribution in [1.29, 1.82) is 0 Å². The van der Waals surface area contributed by atoms with Gasteiger partial charge in [0.2, 0.25) is 5.91 Å². The number of carbonyl (C=O) groups is 3. The molecule has 1 aromatic rings. The van der Waals surface area contributed by atoms with Gasteiger partial charge < -0.3 is 20.3 Å². The molecule has 1 unspecified atom stereocenters. The summed E-state index contributed by atoms with van der Waals surface area (Å²) < 4.78 is 4.92. The molecule has 27 heavy (non-hydrogen) atoms. The first-order valence-corrected chi connectivity index (χ1v) is 9.37. The highest BCUT2D eigenvalue weighted by Crippen LogP contribution is 2.27. The summed E-state index contributed by atoms with van der Waals surface area (Å²) in [6.45, 7) is 6.92. The van der Waals surface area contributed by atoms with E-state index in [9.17, 15) is 19.5 Å². The first-order chi connectivity index (χ1) is 12.6. The molecule has 1 aliphatic rings. The number of aryl methyl sites for hydroxylation is 1. The lowest BCUT2D eigenvalue weighted by Crippen LogP contribution is -2.57. The summed E-state index contributed by atoms with van der Waals surface area (Å²) in [4.78, 5) is 37.0. The quantitative estimate of drug-likeness (QED) is 0.697. The van der Waals surface area contributed by atoms with Crippen LogP contribution in [0.4, 0.5) is 0 Å². The minimum atomic E-state index is -1.10. The zero-order valence-corrected chi connectivity index (χ0v) is 16.4. The number of amides is 2. The first-order valence-electron chi connectivity index (χ1n) is 9.37. The van der Waals surface area contributed by atoms with Crippen molar-refractivity contribution in [2.75, 3.05) is 0 Å². The van der Waals surface area contributed by atoms with Crippen LogP contribution >= 0.6 is 0 Å². The van der Waals surface area contributed by atoms with Crippen LogP contribution in [0.15, 0.2) is 10.6 Å². The molecule has 0 aliphatic heterocycles. The molecule has 8 heteroatoms. The number of rotatable bonds is 6. The van der Waals surface area contributed by atoms with Crippen LogP contribution in [0.2, 0.25) is 0 Å². The van der Waals surface area contributed by atoms with Gasteiger partial charge in [-0.1, -0.05) is 45.2 Å². The van der Waals surface area contributed by atoms with E-state index >= 15 is 0 Å². The largest absolute Gasteiger partial charge is 0.480 e.